The summed E-state index contributed by atoms with van der Waals surface area (Å²) in [6.07, 6.45) is 26.0. The molecule has 1 N–H and O–H groups in total. The minimum atomic E-state index is 0.266. The molecule has 0 rings (SSSR count). The highest BCUT2D eigenvalue weighted by atomic mass is 16.1. The Kier molecular flexibility index (Phi) is 23.2. The number of unbranched alkanes of at least 4 members (excludes halogenated alkanes) is 17. The summed E-state index contributed by atoms with van der Waals surface area (Å²) in [6.45, 7) is 4.38. The lowest BCUT2D eigenvalue weighted by atomic mass is 10.1. The van der Waals surface area contributed by atoms with Crippen molar-refractivity contribution in [3.63, 3.8) is 0 Å². The third-order valence-electron chi connectivity index (χ3n) is 5.86. The van der Waals surface area contributed by atoms with Gasteiger partial charge in [0.1, 0.15) is 0 Å². The topological polar surface area (TPSA) is 32.3 Å². The van der Waals surface area contributed by atoms with E-state index >= 15 is 0 Å². The van der Waals surface area contributed by atoms with E-state index in [9.17, 15) is 4.79 Å². The third kappa shape index (κ3) is 25.4. The number of rotatable bonds is 23. The summed E-state index contributed by atoms with van der Waals surface area (Å²) in [5.74, 6) is 0.266. The molecule has 0 atom stereocenters. The lowest BCUT2D eigenvalue weighted by Crippen LogP contribution is -2.23. The van der Waals surface area contributed by atoms with Gasteiger partial charge in [-0.3, -0.25) is 4.79 Å². The van der Waals surface area contributed by atoms with Crippen molar-refractivity contribution in [1.29, 1.82) is 0 Å². The van der Waals surface area contributed by atoms with Gasteiger partial charge in [-0.15, -0.1) is 0 Å². The molecule has 0 heterocycles. The molecule has 0 aromatic carbocycles. The van der Waals surface area contributed by atoms with E-state index in [-0.39, 0.29) is 5.91 Å². The van der Waals surface area contributed by atoms with Crippen LogP contribution < -0.4 is 5.32 Å². The van der Waals surface area contributed by atoms with Crippen molar-refractivity contribution in [3.8, 4) is 0 Å². The Hall–Kier alpha value is -0.570. The molecule has 0 aromatic rings. The van der Waals surface area contributed by atoms with Crippen molar-refractivity contribution in [3.05, 3.63) is 0 Å². The third-order valence-corrected chi connectivity index (χ3v) is 5.86. The average molecular weight is 411 g/mol. The second-order valence-corrected chi connectivity index (χ2v) is 9.27. The molecule has 0 unspecified atom stereocenters. The zero-order chi connectivity index (χ0) is 21.4. The number of nitrogens with zero attached hydrogens (tertiary/aromatic N) is 1. The molecule has 0 radical (unpaired) electrons. The van der Waals surface area contributed by atoms with E-state index in [1.54, 1.807) is 0 Å². The minimum absolute atomic E-state index is 0.266. The first-order valence-electron chi connectivity index (χ1n) is 13.1. The van der Waals surface area contributed by atoms with Crippen LogP contribution in [0.15, 0.2) is 0 Å². The summed E-state index contributed by atoms with van der Waals surface area (Å²) in [7, 11) is 4.31. The molecule has 3 heteroatoms. The molecule has 0 aliphatic carbocycles. The number of hydrogen-bond donors (Lipinski definition) is 1. The molecule has 0 aliphatic rings. The summed E-state index contributed by atoms with van der Waals surface area (Å²) in [6, 6.07) is 0. The van der Waals surface area contributed by atoms with Gasteiger partial charge in [0.2, 0.25) is 5.91 Å². The standard InChI is InChI=1S/C26H54N2O/c1-4-5-6-7-8-11-14-17-20-23-26(29)27-24-21-18-15-12-9-10-13-16-19-22-25-28(2)3/h4-25H2,1-3H3,(H,27,29). The van der Waals surface area contributed by atoms with Gasteiger partial charge in [0, 0.05) is 13.0 Å². The highest BCUT2D eigenvalue weighted by molar-refractivity contribution is 5.75. The van der Waals surface area contributed by atoms with E-state index in [0.717, 1.165) is 25.8 Å². The van der Waals surface area contributed by atoms with Gasteiger partial charge >= 0.3 is 0 Å². The van der Waals surface area contributed by atoms with Crippen molar-refractivity contribution >= 4 is 5.91 Å². The first-order chi connectivity index (χ1) is 14.2. The molecule has 174 valence electrons. The normalized spacial score (nSPS) is 11.3. The van der Waals surface area contributed by atoms with Gasteiger partial charge in [-0.1, -0.05) is 110 Å². The van der Waals surface area contributed by atoms with Gasteiger partial charge in [0.05, 0.1) is 0 Å². The SMILES string of the molecule is CCCCCCCCCCCC(=O)NCCCCCCCCCCCCN(C)C. The quantitative estimate of drug-likeness (QED) is 0.177. The Morgan fingerprint density at radius 2 is 1.00 bits per heavy atom. The van der Waals surface area contributed by atoms with Crippen LogP contribution in [0.3, 0.4) is 0 Å². The maximum atomic E-state index is 11.9. The summed E-state index contributed by atoms with van der Waals surface area (Å²) < 4.78 is 0. The second-order valence-electron chi connectivity index (χ2n) is 9.27. The average Bonchev–Trinajstić information content (AvgIpc) is 2.70. The maximum absolute atomic E-state index is 11.9. The Morgan fingerprint density at radius 3 is 1.48 bits per heavy atom. The van der Waals surface area contributed by atoms with Gasteiger partial charge in [-0.05, 0) is 39.9 Å². The molecule has 0 spiro atoms. The Bertz CT molecular complexity index is 331. The van der Waals surface area contributed by atoms with Crippen LogP contribution in [0.5, 0.6) is 0 Å². The Balaban J connectivity index is 3.14. The van der Waals surface area contributed by atoms with Crippen LogP contribution >= 0.6 is 0 Å². The fraction of sp³-hybridized carbons (Fsp3) is 0.962. The summed E-state index contributed by atoms with van der Waals surface area (Å²) in [4.78, 5) is 14.1. The zero-order valence-corrected chi connectivity index (χ0v) is 20.4. The van der Waals surface area contributed by atoms with E-state index in [1.807, 2.05) is 0 Å². The molecular formula is C26H54N2O. The molecular weight excluding hydrogens is 356 g/mol. The fourth-order valence-corrected chi connectivity index (χ4v) is 3.88. The van der Waals surface area contributed by atoms with Crippen molar-refractivity contribution in [2.75, 3.05) is 27.2 Å². The second kappa shape index (κ2) is 23.7. The molecule has 0 saturated carbocycles. The van der Waals surface area contributed by atoms with Gasteiger partial charge in [0.15, 0.2) is 0 Å². The minimum Gasteiger partial charge on any atom is -0.356 e. The highest BCUT2D eigenvalue weighted by Gasteiger charge is 2.01. The number of amides is 1. The largest absolute Gasteiger partial charge is 0.356 e. The number of carbonyl (C=O) groups is 1. The Morgan fingerprint density at radius 1 is 0.586 bits per heavy atom. The van der Waals surface area contributed by atoms with E-state index in [4.69, 9.17) is 0 Å². The van der Waals surface area contributed by atoms with Gasteiger partial charge in [-0.2, -0.15) is 0 Å². The van der Waals surface area contributed by atoms with Crippen molar-refractivity contribution in [1.82, 2.24) is 10.2 Å². The van der Waals surface area contributed by atoms with Gasteiger partial charge in [0.25, 0.3) is 0 Å². The molecule has 0 aromatic heterocycles. The van der Waals surface area contributed by atoms with Crippen LogP contribution in [0.1, 0.15) is 135 Å². The number of hydrogen-bond acceptors (Lipinski definition) is 2. The Labute approximate surface area is 183 Å². The van der Waals surface area contributed by atoms with Crippen LogP contribution in [0, 0.1) is 0 Å². The first-order valence-corrected chi connectivity index (χ1v) is 13.1. The molecule has 0 bridgehead atoms. The van der Waals surface area contributed by atoms with Crippen LogP contribution in [0.25, 0.3) is 0 Å². The van der Waals surface area contributed by atoms with E-state index in [1.165, 1.54) is 116 Å². The monoisotopic (exact) mass is 410 g/mol. The highest BCUT2D eigenvalue weighted by Crippen LogP contribution is 2.11. The van der Waals surface area contributed by atoms with Crippen LogP contribution in [0.4, 0.5) is 0 Å². The predicted octanol–water partition coefficient (Wildman–Crippen LogP) is 7.49. The molecule has 0 saturated heterocycles. The summed E-state index contributed by atoms with van der Waals surface area (Å²) in [5.41, 5.74) is 0. The zero-order valence-electron chi connectivity index (χ0n) is 20.4. The molecule has 1 amide bonds. The van der Waals surface area contributed by atoms with Crippen molar-refractivity contribution in [2.24, 2.45) is 0 Å². The lowest BCUT2D eigenvalue weighted by molar-refractivity contribution is -0.121. The molecule has 3 nitrogen and oxygen atoms in total. The van der Waals surface area contributed by atoms with E-state index in [0.29, 0.717) is 0 Å². The predicted molar refractivity (Wildman–Crippen MR) is 130 cm³/mol. The lowest BCUT2D eigenvalue weighted by Gasteiger charge is -2.08. The smallest absolute Gasteiger partial charge is 0.219 e. The van der Waals surface area contributed by atoms with Crippen LogP contribution in [-0.4, -0.2) is 38.0 Å². The van der Waals surface area contributed by atoms with Crippen LogP contribution in [0.2, 0.25) is 0 Å². The fourth-order valence-electron chi connectivity index (χ4n) is 3.88. The first kappa shape index (κ1) is 28.4. The maximum Gasteiger partial charge on any atom is 0.219 e. The summed E-state index contributed by atoms with van der Waals surface area (Å²) in [5, 5.41) is 3.10. The van der Waals surface area contributed by atoms with Gasteiger partial charge < -0.3 is 10.2 Å². The number of nitrogens with one attached hydrogen (secondary N) is 1. The van der Waals surface area contributed by atoms with Crippen molar-refractivity contribution in [2.45, 2.75) is 135 Å². The van der Waals surface area contributed by atoms with Crippen molar-refractivity contribution < 1.29 is 4.79 Å². The van der Waals surface area contributed by atoms with Crippen LogP contribution in [-0.2, 0) is 4.79 Å². The molecule has 0 aliphatic heterocycles. The number of carbonyl (C=O) groups excluding carboxylic acids is 1. The van der Waals surface area contributed by atoms with E-state index in [2.05, 4.69) is 31.2 Å². The summed E-state index contributed by atoms with van der Waals surface area (Å²) >= 11 is 0. The molecule has 29 heavy (non-hydrogen) atoms. The van der Waals surface area contributed by atoms with Gasteiger partial charge in [-0.25, -0.2) is 0 Å². The molecule has 0 fully saturated rings. The van der Waals surface area contributed by atoms with E-state index < -0.39 is 0 Å².